The minimum atomic E-state index is 0.0403. The normalized spacial score (nSPS) is 15.7. The highest BCUT2D eigenvalue weighted by Crippen LogP contribution is 2.18. The summed E-state index contributed by atoms with van der Waals surface area (Å²) in [5, 5.41) is 6.45. The summed E-state index contributed by atoms with van der Waals surface area (Å²) in [6, 6.07) is 4.12. The van der Waals surface area contributed by atoms with Crippen LogP contribution in [0, 0.1) is 0 Å². The van der Waals surface area contributed by atoms with E-state index in [1.165, 1.54) is 19.3 Å². The molecule has 0 unspecified atom stereocenters. The quantitative estimate of drug-likeness (QED) is 0.842. The number of hydrogen-bond donors (Lipinski definition) is 2. The van der Waals surface area contributed by atoms with Crippen LogP contribution in [0.25, 0.3) is 0 Å². The smallest absolute Gasteiger partial charge is 0.251 e. The standard InChI is InChI=1S/C17H27N3O/c1-3-10-18-16-12-13(11-14(4-2)19-16)17(21)20-15-8-6-5-7-9-15/h11-12,15H,3-10H2,1-2H3,(H,18,19)(H,20,21). The van der Waals surface area contributed by atoms with E-state index in [1.54, 1.807) is 0 Å². The number of carbonyl (C=O) groups is 1. The van der Waals surface area contributed by atoms with Crippen molar-refractivity contribution in [3.05, 3.63) is 23.4 Å². The van der Waals surface area contributed by atoms with Crippen LogP contribution in [0.1, 0.15) is 68.4 Å². The van der Waals surface area contributed by atoms with Crippen molar-refractivity contribution in [2.45, 2.75) is 64.8 Å². The molecule has 0 bridgehead atoms. The van der Waals surface area contributed by atoms with Gasteiger partial charge in [-0.3, -0.25) is 4.79 Å². The molecule has 1 aromatic heterocycles. The molecule has 4 nitrogen and oxygen atoms in total. The summed E-state index contributed by atoms with van der Waals surface area (Å²) in [6.07, 6.45) is 7.85. The van der Waals surface area contributed by atoms with Gasteiger partial charge in [-0.25, -0.2) is 4.98 Å². The van der Waals surface area contributed by atoms with E-state index < -0.39 is 0 Å². The summed E-state index contributed by atoms with van der Waals surface area (Å²) in [4.78, 5) is 17.0. The molecule has 1 saturated carbocycles. The lowest BCUT2D eigenvalue weighted by Crippen LogP contribution is -2.36. The van der Waals surface area contributed by atoms with E-state index in [-0.39, 0.29) is 5.91 Å². The number of amides is 1. The van der Waals surface area contributed by atoms with Gasteiger partial charge >= 0.3 is 0 Å². The first kappa shape index (κ1) is 15.8. The number of nitrogens with zero attached hydrogens (tertiary/aromatic N) is 1. The first-order valence-electron chi connectivity index (χ1n) is 8.28. The van der Waals surface area contributed by atoms with Crippen molar-refractivity contribution >= 4 is 11.7 Å². The van der Waals surface area contributed by atoms with Gasteiger partial charge in [-0.15, -0.1) is 0 Å². The molecule has 1 aliphatic rings. The van der Waals surface area contributed by atoms with E-state index in [1.807, 2.05) is 12.1 Å². The van der Waals surface area contributed by atoms with Gasteiger partial charge in [0.1, 0.15) is 5.82 Å². The van der Waals surface area contributed by atoms with Crippen LogP contribution in [-0.2, 0) is 6.42 Å². The Morgan fingerprint density at radius 3 is 2.67 bits per heavy atom. The summed E-state index contributed by atoms with van der Waals surface area (Å²) in [5.74, 6) is 0.851. The van der Waals surface area contributed by atoms with Gasteiger partial charge in [-0.05, 0) is 37.8 Å². The molecule has 0 atom stereocenters. The van der Waals surface area contributed by atoms with E-state index >= 15 is 0 Å². The highest BCUT2D eigenvalue weighted by atomic mass is 16.1. The minimum Gasteiger partial charge on any atom is -0.370 e. The Labute approximate surface area is 127 Å². The van der Waals surface area contributed by atoms with E-state index in [0.29, 0.717) is 6.04 Å². The second kappa shape index (κ2) is 8.01. The molecule has 1 aromatic rings. The van der Waals surface area contributed by atoms with Gasteiger partial charge in [0.15, 0.2) is 0 Å². The van der Waals surface area contributed by atoms with E-state index in [2.05, 4.69) is 29.5 Å². The van der Waals surface area contributed by atoms with Crippen molar-refractivity contribution in [1.29, 1.82) is 0 Å². The highest BCUT2D eigenvalue weighted by Gasteiger charge is 2.17. The Kier molecular flexibility index (Phi) is 6.03. The maximum absolute atomic E-state index is 12.4. The van der Waals surface area contributed by atoms with Crippen LogP contribution in [0.5, 0.6) is 0 Å². The largest absolute Gasteiger partial charge is 0.370 e. The average molecular weight is 289 g/mol. The van der Waals surface area contributed by atoms with Crippen molar-refractivity contribution in [2.24, 2.45) is 0 Å². The van der Waals surface area contributed by atoms with Crippen LogP contribution in [0.3, 0.4) is 0 Å². The topological polar surface area (TPSA) is 54.0 Å². The van der Waals surface area contributed by atoms with E-state index in [0.717, 1.165) is 49.3 Å². The summed E-state index contributed by atoms with van der Waals surface area (Å²) < 4.78 is 0. The maximum atomic E-state index is 12.4. The van der Waals surface area contributed by atoms with Gasteiger partial charge in [0, 0.05) is 23.8 Å². The Morgan fingerprint density at radius 1 is 1.24 bits per heavy atom. The molecule has 1 heterocycles. The molecule has 1 aliphatic carbocycles. The van der Waals surface area contributed by atoms with Gasteiger partial charge in [0.2, 0.25) is 0 Å². The number of rotatable bonds is 6. The van der Waals surface area contributed by atoms with Gasteiger partial charge in [-0.2, -0.15) is 0 Å². The van der Waals surface area contributed by atoms with Crippen molar-refractivity contribution in [1.82, 2.24) is 10.3 Å². The van der Waals surface area contributed by atoms with Crippen molar-refractivity contribution < 1.29 is 4.79 Å². The molecule has 0 aliphatic heterocycles. The number of aryl methyl sites for hydroxylation is 1. The zero-order chi connectivity index (χ0) is 15.1. The fraction of sp³-hybridized carbons (Fsp3) is 0.647. The second-order valence-corrected chi connectivity index (χ2v) is 5.82. The fourth-order valence-corrected chi connectivity index (χ4v) is 2.76. The molecule has 21 heavy (non-hydrogen) atoms. The predicted octanol–water partition coefficient (Wildman–Crippen LogP) is 3.53. The molecule has 4 heteroatoms. The van der Waals surface area contributed by atoms with Gasteiger partial charge in [0.05, 0.1) is 0 Å². The Morgan fingerprint density at radius 2 is 2.00 bits per heavy atom. The molecule has 116 valence electrons. The lowest BCUT2D eigenvalue weighted by Gasteiger charge is -2.23. The Bertz CT molecular complexity index is 467. The average Bonchev–Trinajstić information content (AvgIpc) is 2.53. The van der Waals surface area contributed by atoms with Crippen molar-refractivity contribution in [3.63, 3.8) is 0 Å². The third-order valence-electron chi connectivity index (χ3n) is 4.00. The van der Waals surface area contributed by atoms with E-state index in [9.17, 15) is 4.79 Å². The number of nitrogens with one attached hydrogen (secondary N) is 2. The van der Waals surface area contributed by atoms with Crippen molar-refractivity contribution in [3.8, 4) is 0 Å². The van der Waals surface area contributed by atoms with Gasteiger partial charge in [0.25, 0.3) is 5.91 Å². The molecular formula is C17H27N3O. The van der Waals surface area contributed by atoms with Crippen LogP contribution in [0.2, 0.25) is 0 Å². The third kappa shape index (κ3) is 4.73. The van der Waals surface area contributed by atoms with Crippen LogP contribution in [0.15, 0.2) is 12.1 Å². The molecule has 1 amide bonds. The zero-order valence-electron chi connectivity index (χ0n) is 13.2. The SMILES string of the molecule is CCCNc1cc(C(=O)NC2CCCCC2)cc(CC)n1. The summed E-state index contributed by atoms with van der Waals surface area (Å²) in [7, 11) is 0. The zero-order valence-corrected chi connectivity index (χ0v) is 13.2. The fourth-order valence-electron chi connectivity index (χ4n) is 2.76. The minimum absolute atomic E-state index is 0.0403. The molecule has 2 N–H and O–H groups in total. The predicted molar refractivity (Wildman–Crippen MR) is 86.7 cm³/mol. The lowest BCUT2D eigenvalue weighted by atomic mass is 9.95. The second-order valence-electron chi connectivity index (χ2n) is 5.82. The summed E-state index contributed by atoms with van der Waals surface area (Å²) in [5.41, 5.74) is 1.69. The highest BCUT2D eigenvalue weighted by molar-refractivity contribution is 5.95. The molecular weight excluding hydrogens is 262 g/mol. The summed E-state index contributed by atoms with van der Waals surface area (Å²) >= 11 is 0. The number of anilines is 1. The van der Waals surface area contributed by atoms with Crippen LogP contribution in [-0.4, -0.2) is 23.5 Å². The molecule has 1 fully saturated rings. The number of carbonyl (C=O) groups excluding carboxylic acids is 1. The van der Waals surface area contributed by atoms with Crippen LogP contribution >= 0.6 is 0 Å². The number of hydrogen-bond acceptors (Lipinski definition) is 3. The maximum Gasteiger partial charge on any atom is 0.251 e. The molecule has 0 spiro atoms. The molecule has 0 saturated heterocycles. The summed E-state index contributed by atoms with van der Waals surface area (Å²) in [6.45, 7) is 5.06. The van der Waals surface area contributed by atoms with Gasteiger partial charge in [-0.1, -0.05) is 33.1 Å². The molecule has 0 aromatic carbocycles. The first-order chi connectivity index (χ1) is 10.2. The first-order valence-corrected chi connectivity index (χ1v) is 8.28. The van der Waals surface area contributed by atoms with Gasteiger partial charge < -0.3 is 10.6 Å². The Hall–Kier alpha value is -1.58. The molecule has 0 radical (unpaired) electrons. The van der Waals surface area contributed by atoms with E-state index in [4.69, 9.17) is 0 Å². The monoisotopic (exact) mass is 289 g/mol. The number of aromatic nitrogens is 1. The Balaban J connectivity index is 2.07. The third-order valence-corrected chi connectivity index (χ3v) is 4.00. The molecule has 2 rings (SSSR count). The lowest BCUT2D eigenvalue weighted by molar-refractivity contribution is 0.0927. The number of pyridine rings is 1. The van der Waals surface area contributed by atoms with Crippen LogP contribution in [0.4, 0.5) is 5.82 Å². The van der Waals surface area contributed by atoms with Crippen LogP contribution < -0.4 is 10.6 Å². The van der Waals surface area contributed by atoms with Crippen molar-refractivity contribution in [2.75, 3.05) is 11.9 Å².